The quantitative estimate of drug-likeness (QED) is 0.733. The molecule has 8 heteroatoms. The van der Waals surface area contributed by atoms with Crippen molar-refractivity contribution in [3.63, 3.8) is 0 Å². The minimum Gasteiger partial charge on any atom is -0.384 e. The van der Waals surface area contributed by atoms with Gasteiger partial charge in [-0.1, -0.05) is 0 Å². The molecule has 0 spiro atoms. The summed E-state index contributed by atoms with van der Waals surface area (Å²) >= 11 is 0. The molecule has 3 N–H and O–H groups in total. The van der Waals surface area contributed by atoms with Crippen LogP contribution >= 0.6 is 0 Å². The van der Waals surface area contributed by atoms with Gasteiger partial charge in [0.2, 0.25) is 10.0 Å². The Morgan fingerprint density at radius 2 is 2.25 bits per heavy atom. The molecule has 90 valence electrons. The van der Waals surface area contributed by atoms with Gasteiger partial charge in [0.25, 0.3) is 0 Å². The van der Waals surface area contributed by atoms with Crippen molar-refractivity contribution in [1.29, 1.82) is 0 Å². The van der Waals surface area contributed by atoms with Crippen molar-refractivity contribution in [1.82, 2.24) is 9.71 Å². The summed E-state index contributed by atoms with van der Waals surface area (Å²) in [7, 11) is -4.61. The summed E-state index contributed by atoms with van der Waals surface area (Å²) in [5.41, 5.74) is 5.38. The van der Waals surface area contributed by atoms with E-state index >= 15 is 0 Å². The van der Waals surface area contributed by atoms with Crippen molar-refractivity contribution in [3.8, 4) is 0 Å². The zero-order chi connectivity index (χ0) is 12.2. The second-order valence-corrected chi connectivity index (χ2v) is 6.41. The molecule has 0 saturated carbocycles. The third-order valence-electron chi connectivity index (χ3n) is 1.74. The van der Waals surface area contributed by atoms with Crippen LogP contribution < -0.4 is 10.5 Å². The van der Waals surface area contributed by atoms with Gasteiger partial charge in [-0.05, 0) is 6.07 Å². The molecule has 1 aromatic heterocycles. The number of hydrogen-bond acceptors (Lipinski definition) is 5. The van der Waals surface area contributed by atoms with Crippen LogP contribution in [0.15, 0.2) is 23.2 Å². The summed E-state index contributed by atoms with van der Waals surface area (Å²) in [6.45, 7) is 0.133. The topological polar surface area (TPSA) is 102 Å². The standard InChI is InChI=1S/C8H13N3O3S2/c1-15(12)5-4-11-16(13,14)7-2-3-10-8(9)6-7/h2-3,6,11H,4-5H2,1H3,(H2,9,10). The monoisotopic (exact) mass is 263 g/mol. The molecule has 1 rings (SSSR count). The third-order valence-corrected chi connectivity index (χ3v) is 3.98. The summed E-state index contributed by atoms with van der Waals surface area (Å²) in [6.07, 6.45) is 2.83. The van der Waals surface area contributed by atoms with E-state index in [1.165, 1.54) is 24.6 Å². The maximum absolute atomic E-state index is 11.7. The first-order chi connectivity index (χ1) is 7.42. The van der Waals surface area contributed by atoms with Crippen LogP contribution in [0, 0.1) is 0 Å². The van der Waals surface area contributed by atoms with Crippen LogP contribution in [-0.4, -0.2) is 36.2 Å². The summed E-state index contributed by atoms with van der Waals surface area (Å²) < 4.78 is 36.4. The first-order valence-corrected chi connectivity index (χ1v) is 7.64. The van der Waals surface area contributed by atoms with E-state index in [1.54, 1.807) is 0 Å². The van der Waals surface area contributed by atoms with Crippen molar-refractivity contribution in [2.75, 3.05) is 24.3 Å². The van der Waals surface area contributed by atoms with Crippen LogP contribution in [0.4, 0.5) is 5.82 Å². The first kappa shape index (κ1) is 13.1. The predicted octanol–water partition coefficient (Wildman–Crippen LogP) is -0.679. The van der Waals surface area contributed by atoms with Crippen molar-refractivity contribution in [2.45, 2.75) is 4.90 Å². The largest absolute Gasteiger partial charge is 0.384 e. The highest BCUT2D eigenvalue weighted by Crippen LogP contribution is 2.09. The van der Waals surface area contributed by atoms with Gasteiger partial charge < -0.3 is 5.73 Å². The van der Waals surface area contributed by atoms with E-state index in [9.17, 15) is 12.6 Å². The van der Waals surface area contributed by atoms with E-state index in [2.05, 4.69) is 9.71 Å². The molecule has 1 atom stereocenters. The molecule has 1 unspecified atom stereocenters. The number of pyridine rings is 1. The molecule has 0 fully saturated rings. The zero-order valence-corrected chi connectivity index (χ0v) is 10.3. The number of hydrogen-bond donors (Lipinski definition) is 2. The van der Waals surface area contributed by atoms with Crippen molar-refractivity contribution in [2.24, 2.45) is 0 Å². The Labute approximate surface area is 96.8 Å². The van der Waals surface area contributed by atoms with Gasteiger partial charge in [0.15, 0.2) is 0 Å². The van der Waals surface area contributed by atoms with E-state index in [-0.39, 0.29) is 23.0 Å². The Hall–Kier alpha value is -0.990. The summed E-state index contributed by atoms with van der Waals surface area (Å²) in [4.78, 5) is 3.76. The molecule has 1 heterocycles. The van der Waals surface area contributed by atoms with E-state index in [4.69, 9.17) is 5.73 Å². The van der Waals surface area contributed by atoms with Crippen LogP contribution in [0.2, 0.25) is 0 Å². The number of sulfonamides is 1. The molecule has 1 aromatic rings. The van der Waals surface area contributed by atoms with Crippen molar-refractivity contribution < 1.29 is 12.6 Å². The smallest absolute Gasteiger partial charge is 0.240 e. The minimum atomic E-state index is -3.58. The third kappa shape index (κ3) is 3.87. The second kappa shape index (κ2) is 5.37. The highest BCUT2D eigenvalue weighted by molar-refractivity contribution is 7.89. The average molecular weight is 263 g/mol. The van der Waals surface area contributed by atoms with Gasteiger partial charge in [-0.3, -0.25) is 4.21 Å². The van der Waals surface area contributed by atoms with Gasteiger partial charge >= 0.3 is 0 Å². The Morgan fingerprint density at radius 1 is 1.56 bits per heavy atom. The number of nitrogens with zero attached hydrogens (tertiary/aromatic N) is 1. The Morgan fingerprint density at radius 3 is 2.81 bits per heavy atom. The molecule has 0 aliphatic heterocycles. The fourth-order valence-electron chi connectivity index (χ4n) is 0.998. The normalized spacial score (nSPS) is 13.6. The lowest BCUT2D eigenvalue weighted by atomic mass is 10.5. The van der Waals surface area contributed by atoms with Gasteiger partial charge in [-0.25, -0.2) is 18.1 Å². The lowest BCUT2D eigenvalue weighted by Crippen LogP contribution is -2.27. The molecule has 0 aliphatic carbocycles. The number of anilines is 1. The highest BCUT2D eigenvalue weighted by atomic mass is 32.2. The van der Waals surface area contributed by atoms with Crippen LogP contribution in [0.3, 0.4) is 0 Å². The van der Waals surface area contributed by atoms with E-state index in [1.807, 2.05) is 0 Å². The van der Waals surface area contributed by atoms with Crippen LogP contribution in [0.5, 0.6) is 0 Å². The lowest BCUT2D eigenvalue weighted by molar-refractivity contribution is 0.584. The lowest BCUT2D eigenvalue weighted by Gasteiger charge is -2.05. The fraction of sp³-hybridized carbons (Fsp3) is 0.375. The Bertz CT molecular complexity index is 487. The molecule has 16 heavy (non-hydrogen) atoms. The van der Waals surface area contributed by atoms with Gasteiger partial charge in [0.1, 0.15) is 5.82 Å². The first-order valence-electron chi connectivity index (χ1n) is 4.43. The van der Waals surface area contributed by atoms with Crippen molar-refractivity contribution in [3.05, 3.63) is 18.3 Å². The van der Waals surface area contributed by atoms with E-state index in [0.717, 1.165) is 0 Å². The Kier molecular flexibility index (Phi) is 4.39. The number of aromatic nitrogens is 1. The maximum atomic E-state index is 11.7. The molecule has 0 amide bonds. The second-order valence-electron chi connectivity index (χ2n) is 3.09. The molecule has 0 aromatic carbocycles. The van der Waals surface area contributed by atoms with Gasteiger partial charge in [-0.2, -0.15) is 0 Å². The molecular formula is C8H13N3O3S2. The van der Waals surface area contributed by atoms with Gasteiger partial charge in [-0.15, -0.1) is 0 Å². The Balaban J connectivity index is 2.74. The van der Waals surface area contributed by atoms with Gasteiger partial charge in [0.05, 0.1) is 4.90 Å². The maximum Gasteiger partial charge on any atom is 0.240 e. The molecule has 0 radical (unpaired) electrons. The SMILES string of the molecule is CS(=O)CCNS(=O)(=O)c1ccnc(N)c1. The van der Waals surface area contributed by atoms with Crippen LogP contribution in [0.25, 0.3) is 0 Å². The van der Waals surface area contributed by atoms with Crippen LogP contribution in [0.1, 0.15) is 0 Å². The predicted molar refractivity (Wildman–Crippen MR) is 62.8 cm³/mol. The molecule has 0 bridgehead atoms. The molecule has 0 aliphatic rings. The molecular weight excluding hydrogens is 250 g/mol. The number of nitrogens with one attached hydrogen (secondary N) is 1. The zero-order valence-electron chi connectivity index (χ0n) is 8.71. The van der Waals surface area contributed by atoms with Crippen LogP contribution in [-0.2, 0) is 20.8 Å². The number of rotatable bonds is 5. The number of nitrogen functional groups attached to an aromatic ring is 1. The van der Waals surface area contributed by atoms with E-state index < -0.39 is 20.8 Å². The van der Waals surface area contributed by atoms with Gasteiger partial charge in [0, 0.05) is 41.6 Å². The minimum absolute atomic E-state index is 0.0573. The van der Waals surface area contributed by atoms with Crippen molar-refractivity contribution >= 4 is 26.6 Å². The summed E-state index contributed by atoms with van der Waals surface area (Å²) in [5, 5.41) is 0. The number of nitrogens with two attached hydrogens (primary N) is 1. The highest BCUT2D eigenvalue weighted by Gasteiger charge is 2.13. The average Bonchev–Trinajstić information content (AvgIpc) is 2.16. The fourth-order valence-corrected chi connectivity index (χ4v) is 2.57. The molecule has 6 nitrogen and oxygen atoms in total. The summed E-state index contributed by atoms with van der Waals surface area (Å²) in [5.74, 6) is 0.418. The van der Waals surface area contributed by atoms with E-state index in [0.29, 0.717) is 0 Å². The summed E-state index contributed by atoms with van der Waals surface area (Å²) in [6, 6.07) is 2.62. The molecule has 0 saturated heterocycles.